The quantitative estimate of drug-likeness (QED) is 0.492. The highest BCUT2D eigenvalue weighted by Crippen LogP contribution is 2.24. The van der Waals surface area contributed by atoms with E-state index >= 15 is 0 Å². The van der Waals surface area contributed by atoms with E-state index in [9.17, 15) is 4.79 Å². The van der Waals surface area contributed by atoms with Crippen LogP contribution < -0.4 is 10.6 Å². The summed E-state index contributed by atoms with van der Waals surface area (Å²) in [5, 5.41) is 19.0. The standard InChI is InChI=1S/C19H14Cl2N6O/c1-11-24-25-18-6-5-17(26-27(11)18)12-3-2-4-15(7-12)22-19(28)23-16-9-13(20)8-14(21)10-16/h2-10H,1H3,(H2,22,23,28). The minimum Gasteiger partial charge on any atom is -0.308 e. The van der Waals surface area contributed by atoms with Gasteiger partial charge in [-0.05, 0) is 49.4 Å². The number of anilines is 2. The Balaban J connectivity index is 1.54. The maximum Gasteiger partial charge on any atom is 0.323 e. The molecule has 0 aliphatic rings. The molecule has 4 aromatic rings. The van der Waals surface area contributed by atoms with Crippen LogP contribution in [0.25, 0.3) is 16.9 Å². The third kappa shape index (κ3) is 3.90. The van der Waals surface area contributed by atoms with Crippen molar-refractivity contribution >= 4 is 46.3 Å². The second kappa shape index (κ2) is 7.46. The number of aromatic nitrogens is 4. The summed E-state index contributed by atoms with van der Waals surface area (Å²) in [6, 6.07) is 15.5. The summed E-state index contributed by atoms with van der Waals surface area (Å²) in [5.74, 6) is 0.700. The van der Waals surface area contributed by atoms with Gasteiger partial charge in [-0.25, -0.2) is 4.79 Å². The van der Waals surface area contributed by atoms with Gasteiger partial charge in [0, 0.05) is 27.0 Å². The summed E-state index contributed by atoms with van der Waals surface area (Å²) in [7, 11) is 0. The summed E-state index contributed by atoms with van der Waals surface area (Å²) in [5.41, 5.74) is 3.38. The van der Waals surface area contributed by atoms with Crippen LogP contribution in [0.1, 0.15) is 5.82 Å². The number of rotatable bonds is 3. The number of amides is 2. The number of nitrogens with one attached hydrogen (secondary N) is 2. The lowest BCUT2D eigenvalue weighted by Gasteiger charge is -2.10. The topological polar surface area (TPSA) is 84.2 Å². The Labute approximate surface area is 170 Å². The Morgan fingerprint density at radius 2 is 1.68 bits per heavy atom. The number of halogens is 2. The van der Waals surface area contributed by atoms with E-state index in [1.54, 1.807) is 28.8 Å². The SMILES string of the molecule is Cc1nnc2ccc(-c3cccc(NC(=O)Nc4cc(Cl)cc(Cl)c4)c3)nn12. The average Bonchev–Trinajstić information content (AvgIpc) is 3.01. The van der Waals surface area contributed by atoms with Crippen molar-refractivity contribution in [2.45, 2.75) is 6.92 Å². The van der Waals surface area contributed by atoms with Gasteiger partial charge in [0.25, 0.3) is 0 Å². The second-order valence-electron chi connectivity index (χ2n) is 6.05. The molecule has 140 valence electrons. The molecular formula is C19H14Cl2N6O. The minimum atomic E-state index is -0.409. The van der Waals surface area contributed by atoms with E-state index in [0.29, 0.717) is 32.9 Å². The molecule has 28 heavy (non-hydrogen) atoms. The van der Waals surface area contributed by atoms with E-state index in [-0.39, 0.29) is 0 Å². The van der Waals surface area contributed by atoms with E-state index in [1.165, 1.54) is 0 Å². The van der Waals surface area contributed by atoms with Gasteiger partial charge in [0.2, 0.25) is 0 Å². The van der Waals surface area contributed by atoms with E-state index in [0.717, 1.165) is 11.3 Å². The third-order valence-electron chi connectivity index (χ3n) is 3.96. The van der Waals surface area contributed by atoms with Crippen molar-refractivity contribution in [1.82, 2.24) is 19.8 Å². The molecule has 0 aliphatic heterocycles. The van der Waals surface area contributed by atoms with Gasteiger partial charge in [-0.2, -0.15) is 9.61 Å². The highest BCUT2D eigenvalue weighted by molar-refractivity contribution is 6.35. The van der Waals surface area contributed by atoms with Crippen LogP contribution in [0.3, 0.4) is 0 Å². The number of hydrogen-bond donors (Lipinski definition) is 2. The van der Waals surface area contributed by atoms with Crippen LogP contribution in [-0.2, 0) is 0 Å². The maximum atomic E-state index is 12.3. The number of carbonyl (C=O) groups excluding carboxylic acids is 1. The summed E-state index contributed by atoms with van der Waals surface area (Å²) < 4.78 is 1.67. The number of benzene rings is 2. The second-order valence-corrected chi connectivity index (χ2v) is 6.93. The number of nitrogens with zero attached hydrogens (tertiary/aromatic N) is 4. The fraction of sp³-hybridized carbons (Fsp3) is 0.0526. The first-order valence-corrected chi connectivity index (χ1v) is 9.07. The van der Waals surface area contributed by atoms with Gasteiger partial charge < -0.3 is 10.6 Å². The van der Waals surface area contributed by atoms with Crippen LogP contribution >= 0.6 is 23.2 Å². The lowest BCUT2D eigenvalue weighted by atomic mass is 10.1. The van der Waals surface area contributed by atoms with Gasteiger partial charge in [-0.1, -0.05) is 35.3 Å². The van der Waals surface area contributed by atoms with Gasteiger partial charge in [0.05, 0.1) is 5.69 Å². The first kappa shape index (κ1) is 18.2. The maximum absolute atomic E-state index is 12.3. The smallest absolute Gasteiger partial charge is 0.308 e. The zero-order valence-electron chi connectivity index (χ0n) is 14.6. The molecule has 2 aromatic carbocycles. The van der Waals surface area contributed by atoms with Crippen molar-refractivity contribution < 1.29 is 4.79 Å². The molecule has 9 heteroatoms. The fourth-order valence-electron chi connectivity index (χ4n) is 2.73. The molecule has 2 aromatic heterocycles. The van der Waals surface area contributed by atoms with Gasteiger partial charge in [0.15, 0.2) is 11.5 Å². The van der Waals surface area contributed by atoms with E-state index in [4.69, 9.17) is 23.2 Å². The molecule has 0 radical (unpaired) electrons. The summed E-state index contributed by atoms with van der Waals surface area (Å²) in [6.45, 7) is 1.83. The zero-order chi connectivity index (χ0) is 19.7. The number of carbonyl (C=O) groups is 1. The molecule has 2 amide bonds. The predicted octanol–water partition coefficient (Wildman–Crippen LogP) is 5.05. The molecule has 0 unspecified atom stereocenters. The average molecular weight is 413 g/mol. The van der Waals surface area contributed by atoms with Crippen LogP contribution in [0.15, 0.2) is 54.6 Å². The molecule has 0 atom stereocenters. The van der Waals surface area contributed by atoms with Gasteiger partial charge in [0.1, 0.15) is 0 Å². The van der Waals surface area contributed by atoms with Crippen LogP contribution in [0, 0.1) is 6.92 Å². The van der Waals surface area contributed by atoms with Crippen molar-refractivity contribution in [2.75, 3.05) is 10.6 Å². The van der Waals surface area contributed by atoms with Crippen molar-refractivity contribution in [3.8, 4) is 11.3 Å². The summed E-state index contributed by atoms with van der Waals surface area (Å²) in [6.07, 6.45) is 0. The van der Waals surface area contributed by atoms with Gasteiger partial charge in [-0.15, -0.1) is 10.2 Å². The molecule has 0 saturated carbocycles. The molecule has 2 N–H and O–H groups in total. The first-order chi connectivity index (χ1) is 13.5. The summed E-state index contributed by atoms with van der Waals surface area (Å²) >= 11 is 11.9. The van der Waals surface area contributed by atoms with Crippen LogP contribution in [0.5, 0.6) is 0 Å². The molecular weight excluding hydrogens is 399 g/mol. The van der Waals surface area contributed by atoms with Crippen molar-refractivity contribution in [2.24, 2.45) is 0 Å². The monoisotopic (exact) mass is 412 g/mol. The third-order valence-corrected chi connectivity index (χ3v) is 4.39. The largest absolute Gasteiger partial charge is 0.323 e. The molecule has 0 spiro atoms. The van der Waals surface area contributed by atoms with E-state index < -0.39 is 6.03 Å². The first-order valence-electron chi connectivity index (χ1n) is 8.31. The highest BCUT2D eigenvalue weighted by Gasteiger charge is 2.08. The molecule has 7 nitrogen and oxygen atoms in total. The number of urea groups is 1. The number of fused-ring (bicyclic) bond motifs is 1. The highest BCUT2D eigenvalue weighted by atomic mass is 35.5. The summed E-state index contributed by atoms with van der Waals surface area (Å²) in [4.78, 5) is 12.3. The minimum absolute atomic E-state index is 0.409. The zero-order valence-corrected chi connectivity index (χ0v) is 16.2. The van der Waals surface area contributed by atoms with Gasteiger partial charge in [-0.3, -0.25) is 0 Å². The Morgan fingerprint density at radius 3 is 2.46 bits per heavy atom. The number of aryl methyl sites for hydroxylation is 1. The number of hydrogen-bond acceptors (Lipinski definition) is 4. The molecule has 0 bridgehead atoms. The van der Waals surface area contributed by atoms with Crippen LogP contribution in [0.4, 0.5) is 16.2 Å². The Bertz CT molecular complexity index is 1170. The van der Waals surface area contributed by atoms with Crippen molar-refractivity contribution in [3.63, 3.8) is 0 Å². The Morgan fingerprint density at radius 1 is 0.929 bits per heavy atom. The van der Waals surface area contributed by atoms with E-state index in [1.807, 2.05) is 37.3 Å². The van der Waals surface area contributed by atoms with Gasteiger partial charge >= 0.3 is 6.03 Å². The normalized spacial score (nSPS) is 10.8. The molecule has 0 aliphatic carbocycles. The lowest BCUT2D eigenvalue weighted by Crippen LogP contribution is -2.19. The molecule has 4 rings (SSSR count). The Kier molecular flexibility index (Phi) is 4.85. The molecule has 2 heterocycles. The fourth-order valence-corrected chi connectivity index (χ4v) is 3.25. The lowest BCUT2D eigenvalue weighted by molar-refractivity contribution is 0.262. The molecule has 0 saturated heterocycles. The Hall–Kier alpha value is -3.16. The van der Waals surface area contributed by atoms with Crippen molar-refractivity contribution in [3.05, 3.63) is 70.5 Å². The predicted molar refractivity (Wildman–Crippen MR) is 110 cm³/mol. The molecule has 0 fully saturated rings. The van der Waals surface area contributed by atoms with Crippen LogP contribution in [-0.4, -0.2) is 25.8 Å². The van der Waals surface area contributed by atoms with E-state index in [2.05, 4.69) is 25.9 Å². The van der Waals surface area contributed by atoms with Crippen molar-refractivity contribution in [1.29, 1.82) is 0 Å². The van der Waals surface area contributed by atoms with Crippen LogP contribution in [0.2, 0.25) is 10.0 Å².